The second-order valence-corrected chi connectivity index (χ2v) is 5.78. The van der Waals surface area contributed by atoms with Gasteiger partial charge in [0.25, 0.3) is 0 Å². The van der Waals surface area contributed by atoms with Crippen LogP contribution in [0.3, 0.4) is 0 Å². The number of rotatable bonds is 10. The fourth-order valence-corrected chi connectivity index (χ4v) is 2.72. The Morgan fingerprint density at radius 2 is 1.85 bits per heavy atom. The van der Waals surface area contributed by atoms with E-state index < -0.39 is 36.4 Å². The summed E-state index contributed by atoms with van der Waals surface area (Å²) >= 11 is 0. The average molecular weight is 380 g/mol. The highest BCUT2D eigenvalue weighted by molar-refractivity contribution is 5.83. The van der Waals surface area contributed by atoms with Crippen molar-refractivity contribution in [2.45, 2.75) is 31.3 Å². The number of hydrogen-bond donors (Lipinski definition) is 0. The molecular formula is C19H24O8. The molecular weight excluding hydrogens is 356 g/mol. The molecule has 0 spiro atoms. The van der Waals surface area contributed by atoms with Crippen LogP contribution in [0.5, 0.6) is 0 Å². The number of carbonyl (C=O) groups is 2. The van der Waals surface area contributed by atoms with Crippen LogP contribution in [0.4, 0.5) is 0 Å². The summed E-state index contributed by atoms with van der Waals surface area (Å²) in [6.07, 6.45) is -0.394. The monoisotopic (exact) mass is 380 g/mol. The summed E-state index contributed by atoms with van der Waals surface area (Å²) in [5, 5.41) is 0. The quantitative estimate of drug-likeness (QED) is 0.448. The van der Waals surface area contributed by atoms with Crippen LogP contribution >= 0.6 is 0 Å². The third-order valence-corrected chi connectivity index (χ3v) is 3.80. The topological polar surface area (TPSA) is 89.5 Å². The van der Waals surface area contributed by atoms with Crippen molar-refractivity contribution in [3.05, 3.63) is 48.0 Å². The Balaban J connectivity index is 2.37. The molecule has 1 aliphatic rings. The largest absolute Gasteiger partial charge is 0.455 e. The Morgan fingerprint density at radius 3 is 2.48 bits per heavy atom. The first-order valence-electron chi connectivity index (χ1n) is 8.39. The second kappa shape index (κ2) is 10.8. The van der Waals surface area contributed by atoms with Gasteiger partial charge in [-0.15, -0.1) is 0 Å². The van der Waals surface area contributed by atoms with Crippen molar-refractivity contribution in [2.75, 3.05) is 27.8 Å². The Labute approximate surface area is 157 Å². The summed E-state index contributed by atoms with van der Waals surface area (Å²) in [5.41, 5.74) is 0.685. The first-order chi connectivity index (χ1) is 13.1. The van der Waals surface area contributed by atoms with E-state index in [-0.39, 0.29) is 13.6 Å². The summed E-state index contributed by atoms with van der Waals surface area (Å²) < 4.78 is 32.3. The summed E-state index contributed by atoms with van der Waals surface area (Å²) in [6, 6.07) is 9.05. The fourth-order valence-electron chi connectivity index (χ4n) is 2.72. The predicted molar refractivity (Wildman–Crippen MR) is 93.5 cm³/mol. The van der Waals surface area contributed by atoms with Crippen LogP contribution in [-0.4, -0.2) is 58.1 Å². The summed E-state index contributed by atoms with van der Waals surface area (Å²) in [7, 11) is 2.95. The Hall–Kier alpha value is -2.26. The van der Waals surface area contributed by atoms with Gasteiger partial charge in [0.1, 0.15) is 25.8 Å². The highest BCUT2D eigenvalue weighted by Crippen LogP contribution is 2.31. The maximum absolute atomic E-state index is 11.9. The van der Waals surface area contributed by atoms with E-state index >= 15 is 0 Å². The number of hydrogen-bond acceptors (Lipinski definition) is 8. The van der Waals surface area contributed by atoms with Crippen molar-refractivity contribution in [1.29, 1.82) is 0 Å². The first kappa shape index (κ1) is 21.0. The van der Waals surface area contributed by atoms with E-state index in [9.17, 15) is 9.59 Å². The molecule has 1 heterocycles. The molecule has 0 fully saturated rings. The molecule has 27 heavy (non-hydrogen) atoms. The van der Waals surface area contributed by atoms with Crippen LogP contribution in [0.15, 0.2) is 42.5 Å². The van der Waals surface area contributed by atoms with E-state index in [1.54, 1.807) is 18.2 Å². The van der Waals surface area contributed by atoms with E-state index in [1.807, 2.05) is 18.2 Å². The lowest BCUT2D eigenvalue weighted by Crippen LogP contribution is -2.48. The molecule has 0 amide bonds. The molecule has 0 saturated heterocycles. The molecule has 0 saturated carbocycles. The van der Waals surface area contributed by atoms with Gasteiger partial charge in [0.05, 0.1) is 0 Å². The van der Waals surface area contributed by atoms with Crippen molar-refractivity contribution in [1.82, 2.24) is 0 Å². The smallest absolute Gasteiger partial charge is 0.330 e. The van der Waals surface area contributed by atoms with Gasteiger partial charge < -0.3 is 28.4 Å². The molecule has 0 unspecified atom stereocenters. The maximum Gasteiger partial charge on any atom is 0.330 e. The van der Waals surface area contributed by atoms with Crippen molar-refractivity contribution in [3.8, 4) is 0 Å². The molecule has 2 rings (SSSR count). The first-order valence-corrected chi connectivity index (χ1v) is 8.39. The number of ether oxygens (including phenoxy) is 6. The van der Waals surface area contributed by atoms with Crippen LogP contribution in [0.1, 0.15) is 18.6 Å². The molecule has 1 aromatic rings. The van der Waals surface area contributed by atoms with Gasteiger partial charge in [-0.05, 0) is 11.6 Å². The molecule has 1 aliphatic heterocycles. The molecule has 8 heteroatoms. The Bertz CT molecular complexity index is 630. The molecule has 8 nitrogen and oxygen atoms in total. The Morgan fingerprint density at radius 1 is 1.15 bits per heavy atom. The van der Waals surface area contributed by atoms with Gasteiger partial charge in [0, 0.05) is 27.2 Å². The van der Waals surface area contributed by atoms with Gasteiger partial charge in [0.15, 0.2) is 12.2 Å². The molecule has 0 N–H and O–H groups in total. The van der Waals surface area contributed by atoms with E-state index in [0.717, 1.165) is 0 Å². The highest BCUT2D eigenvalue weighted by atomic mass is 16.7. The minimum absolute atomic E-state index is 0.0103. The summed E-state index contributed by atoms with van der Waals surface area (Å²) in [6.45, 7) is 1.20. The predicted octanol–water partition coefficient (Wildman–Crippen LogP) is 1.75. The molecule has 1 aromatic carbocycles. The SMILES string of the molecule is COCO[C@@H]([C@@H]1OC(=O)C=C[C@@H]1OCOC)[C@H](OC(C)=O)c1ccccc1. The van der Waals surface area contributed by atoms with Crippen molar-refractivity contribution in [3.63, 3.8) is 0 Å². The zero-order valence-corrected chi connectivity index (χ0v) is 15.5. The molecule has 148 valence electrons. The van der Waals surface area contributed by atoms with Crippen molar-refractivity contribution in [2.24, 2.45) is 0 Å². The second-order valence-electron chi connectivity index (χ2n) is 5.78. The molecule has 4 atom stereocenters. The number of carbonyl (C=O) groups excluding carboxylic acids is 2. The van der Waals surface area contributed by atoms with Gasteiger partial charge in [-0.3, -0.25) is 4.79 Å². The van der Waals surface area contributed by atoms with Crippen molar-refractivity contribution < 1.29 is 38.0 Å². The van der Waals surface area contributed by atoms with Crippen LogP contribution in [0.25, 0.3) is 0 Å². The zero-order chi connectivity index (χ0) is 19.6. The Kier molecular flexibility index (Phi) is 8.41. The van der Waals surface area contributed by atoms with Crippen LogP contribution in [0.2, 0.25) is 0 Å². The van der Waals surface area contributed by atoms with Gasteiger partial charge >= 0.3 is 11.9 Å². The standard InChI is InChI=1S/C19H24O8/c1-13(20)26-17(14-7-5-4-6-8-14)19(25-12-23-3)18-15(24-11-22-2)9-10-16(21)27-18/h4-10,15,17-19H,11-12H2,1-3H3/t15-,17+,18+,19+/m0/s1. The van der Waals surface area contributed by atoms with Crippen LogP contribution in [-0.2, 0) is 38.0 Å². The molecule has 0 radical (unpaired) electrons. The summed E-state index contributed by atoms with van der Waals surface area (Å²) in [5.74, 6) is -1.04. The number of methoxy groups -OCH3 is 2. The molecule has 0 aromatic heterocycles. The lowest BCUT2D eigenvalue weighted by Gasteiger charge is -2.36. The van der Waals surface area contributed by atoms with E-state index in [0.29, 0.717) is 5.56 Å². The lowest BCUT2D eigenvalue weighted by atomic mass is 9.95. The molecule has 0 aliphatic carbocycles. The highest BCUT2D eigenvalue weighted by Gasteiger charge is 2.42. The molecule has 0 bridgehead atoms. The number of cyclic esters (lactones) is 1. The van der Waals surface area contributed by atoms with Crippen LogP contribution < -0.4 is 0 Å². The average Bonchev–Trinajstić information content (AvgIpc) is 2.67. The van der Waals surface area contributed by atoms with Crippen molar-refractivity contribution >= 4 is 11.9 Å². The number of benzene rings is 1. The number of esters is 2. The van der Waals surface area contributed by atoms with Gasteiger partial charge in [0.2, 0.25) is 0 Å². The third kappa shape index (κ3) is 6.14. The van der Waals surface area contributed by atoms with E-state index in [2.05, 4.69) is 0 Å². The lowest BCUT2D eigenvalue weighted by molar-refractivity contribution is -0.210. The van der Waals surface area contributed by atoms with E-state index in [4.69, 9.17) is 28.4 Å². The van der Waals surface area contributed by atoms with Gasteiger partial charge in [-0.1, -0.05) is 30.3 Å². The van der Waals surface area contributed by atoms with Crippen LogP contribution in [0, 0.1) is 0 Å². The minimum Gasteiger partial charge on any atom is -0.455 e. The minimum atomic E-state index is -0.877. The zero-order valence-electron chi connectivity index (χ0n) is 15.5. The third-order valence-electron chi connectivity index (χ3n) is 3.80. The van der Waals surface area contributed by atoms with Gasteiger partial charge in [-0.25, -0.2) is 4.79 Å². The van der Waals surface area contributed by atoms with Gasteiger partial charge in [-0.2, -0.15) is 0 Å². The van der Waals surface area contributed by atoms with E-state index in [1.165, 1.54) is 27.2 Å². The summed E-state index contributed by atoms with van der Waals surface area (Å²) in [4.78, 5) is 23.6. The maximum atomic E-state index is 11.9. The normalized spacial score (nSPS) is 21.4. The fraction of sp³-hybridized carbons (Fsp3) is 0.474.